The van der Waals surface area contributed by atoms with E-state index in [1.165, 1.54) is 6.20 Å². The maximum atomic E-state index is 12.5. The second kappa shape index (κ2) is 6.84. The Bertz CT molecular complexity index is 717. The Morgan fingerprint density at radius 3 is 2.68 bits per heavy atom. The van der Waals surface area contributed by atoms with Crippen molar-refractivity contribution in [2.24, 2.45) is 5.92 Å². The quantitative estimate of drug-likeness (QED) is 0.843. The number of nitrogens with zero attached hydrogens (tertiary/aromatic N) is 5. The number of amides is 1. The van der Waals surface area contributed by atoms with E-state index in [2.05, 4.69) is 19.9 Å². The van der Waals surface area contributed by atoms with Crippen LogP contribution in [0.2, 0.25) is 0 Å². The highest BCUT2D eigenvalue weighted by Gasteiger charge is 2.43. The molecule has 0 N–H and O–H groups in total. The molecule has 2 fully saturated rings. The van der Waals surface area contributed by atoms with Gasteiger partial charge in [-0.15, -0.1) is 0 Å². The average molecular weight is 339 g/mol. The molecule has 0 unspecified atom stereocenters. The molecule has 4 heterocycles. The van der Waals surface area contributed by atoms with E-state index >= 15 is 0 Å². The molecule has 130 valence electrons. The van der Waals surface area contributed by atoms with E-state index in [0.29, 0.717) is 24.7 Å². The van der Waals surface area contributed by atoms with Crippen LogP contribution in [0, 0.1) is 5.92 Å². The van der Waals surface area contributed by atoms with Crippen LogP contribution in [-0.4, -0.2) is 56.0 Å². The highest BCUT2D eigenvalue weighted by Crippen LogP contribution is 2.39. The summed E-state index contributed by atoms with van der Waals surface area (Å²) in [5.41, 5.74) is 1.48. The van der Waals surface area contributed by atoms with Gasteiger partial charge in [0, 0.05) is 37.9 Å². The number of hydrogen-bond acceptors (Lipinski definition) is 6. The third-order valence-electron chi connectivity index (χ3n) is 5.17. The predicted octanol–water partition coefficient (Wildman–Crippen LogP) is 1.52. The Morgan fingerprint density at radius 2 is 1.96 bits per heavy atom. The van der Waals surface area contributed by atoms with Gasteiger partial charge in [0.05, 0.1) is 18.4 Å². The fourth-order valence-electron chi connectivity index (χ4n) is 3.88. The SMILES string of the molecule is O=C(c1cnccn1)N1CCC2(CC1)C[C@@H](Cc1cncnc1)CO2. The summed E-state index contributed by atoms with van der Waals surface area (Å²) in [6, 6.07) is 0. The van der Waals surface area contributed by atoms with Gasteiger partial charge in [0.25, 0.3) is 5.91 Å². The lowest BCUT2D eigenvalue weighted by atomic mass is 9.84. The molecule has 0 bridgehead atoms. The molecule has 0 saturated carbocycles. The zero-order chi connectivity index (χ0) is 17.1. The third kappa shape index (κ3) is 3.51. The smallest absolute Gasteiger partial charge is 0.274 e. The predicted molar refractivity (Wildman–Crippen MR) is 89.7 cm³/mol. The van der Waals surface area contributed by atoms with Gasteiger partial charge in [0.1, 0.15) is 12.0 Å². The zero-order valence-electron chi connectivity index (χ0n) is 14.0. The van der Waals surface area contributed by atoms with Crippen molar-refractivity contribution in [2.75, 3.05) is 19.7 Å². The maximum Gasteiger partial charge on any atom is 0.274 e. The van der Waals surface area contributed by atoms with Crippen molar-refractivity contribution in [3.8, 4) is 0 Å². The molecular formula is C18H21N5O2. The fourth-order valence-corrected chi connectivity index (χ4v) is 3.88. The van der Waals surface area contributed by atoms with Crippen LogP contribution in [0.25, 0.3) is 0 Å². The summed E-state index contributed by atoms with van der Waals surface area (Å²) < 4.78 is 6.19. The number of carbonyl (C=O) groups is 1. The van der Waals surface area contributed by atoms with Gasteiger partial charge in [-0.2, -0.15) is 0 Å². The Morgan fingerprint density at radius 1 is 1.16 bits per heavy atom. The van der Waals surface area contributed by atoms with Gasteiger partial charge in [0.15, 0.2) is 0 Å². The summed E-state index contributed by atoms with van der Waals surface area (Å²) >= 11 is 0. The molecular weight excluding hydrogens is 318 g/mol. The summed E-state index contributed by atoms with van der Waals surface area (Å²) in [5.74, 6) is 0.451. The van der Waals surface area contributed by atoms with Gasteiger partial charge >= 0.3 is 0 Å². The largest absolute Gasteiger partial charge is 0.375 e. The van der Waals surface area contributed by atoms with Crippen molar-refractivity contribution >= 4 is 5.91 Å². The molecule has 2 aromatic rings. The normalized spacial score (nSPS) is 22.2. The Labute approximate surface area is 146 Å². The second-order valence-electron chi connectivity index (χ2n) is 6.90. The molecule has 0 aromatic carbocycles. The number of ether oxygens (including phenoxy) is 1. The van der Waals surface area contributed by atoms with E-state index < -0.39 is 0 Å². The zero-order valence-corrected chi connectivity index (χ0v) is 14.0. The minimum Gasteiger partial charge on any atom is -0.375 e. The first kappa shape index (κ1) is 16.1. The number of piperidine rings is 1. The van der Waals surface area contributed by atoms with Crippen molar-refractivity contribution in [3.63, 3.8) is 0 Å². The van der Waals surface area contributed by atoms with E-state index in [1.54, 1.807) is 18.7 Å². The number of hydrogen-bond donors (Lipinski definition) is 0. The molecule has 1 atom stereocenters. The minimum absolute atomic E-state index is 0.0427. The highest BCUT2D eigenvalue weighted by molar-refractivity contribution is 5.92. The Kier molecular flexibility index (Phi) is 4.40. The van der Waals surface area contributed by atoms with Crippen molar-refractivity contribution in [1.29, 1.82) is 0 Å². The van der Waals surface area contributed by atoms with Crippen LogP contribution in [-0.2, 0) is 11.2 Å². The van der Waals surface area contributed by atoms with Crippen LogP contribution in [0.4, 0.5) is 0 Å². The van der Waals surface area contributed by atoms with E-state index in [0.717, 1.165) is 37.9 Å². The topological polar surface area (TPSA) is 81.1 Å². The van der Waals surface area contributed by atoms with Crippen molar-refractivity contribution in [2.45, 2.75) is 31.3 Å². The average Bonchev–Trinajstić information content (AvgIpc) is 3.05. The molecule has 7 nitrogen and oxygen atoms in total. The molecule has 2 saturated heterocycles. The van der Waals surface area contributed by atoms with Gasteiger partial charge in [0.2, 0.25) is 0 Å². The summed E-state index contributed by atoms with van der Waals surface area (Å²) in [5, 5.41) is 0. The van der Waals surface area contributed by atoms with E-state index in [4.69, 9.17) is 4.74 Å². The summed E-state index contributed by atoms with van der Waals surface area (Å²) in [6.45, 7) is 2.18. The molecule has 2 aliphatic heterocycles. The second-order valence-corrected chi connectivity index (χ2v) is 6.90. The van der Waals surface area contributed by atoms with Gasteiger partial charge in [-0.1, -0.05) is 0 Å². The molecule has 7 heteroatoms. The Hall–Kier alpha value is -2.41. The van der Waals surface area contributed by atoms with Crippen molar-refractivity contribution in [3.05, 3.63) is 48.6 Å². The number of carbonyl (C=O) groups excluding carboxylic acids is 1. The van der Waals surface area contributed by atoms with E-state index in [1.807, 2.05) is 17.3 Å². The van der Waals surface area contributed by atoms with Gasteiger partial charge in [-0.3, -0.25) is 9.78 Å². The van der Waals surface area contributed by atoms with Crippen molar-refractivity contribution < 1.29 is 9.53 Å². The monoisotopic (exact) mass is 339 g/mol. The fraction of sp³-hybridized carbons (Fsp3) is 0.500. The summed E-state index contributed by atoms with van der Waals surface area (Å²) in [4.78, 5) is 30.6. The first-order valence-corrected chi connectivity index (χ1v) is 8.67. The molecule has 0 radical (unpaired) electrons. The van der Waals surface area contributed by atoms with Crippen LogP contribution in [0.1, 0.15) is 35.3 Å². The molecule has 0 aliphatic carbocycles. The lowest BCUT2D eigenvalue weighted by Gasteiger charge is -2.38. The van der Waals surface area contributed by atoms with Gasteiger partial charge in [-0.25, -0.2) is 15.0 Å². The number of likely N-dealkylation sites (tertiary alicyclic amines) is 1. The van der Waals surface area contributed by atoms with E-state index in [-0.39, 0.29) is 11.5 Å². The third-order valence-corrected chi connectivity index (χ3v) is 5.17. The van der Waals surface area contributed by atoms with E-state index in [9.17, 15) is 4.79 Å². The maximum absolute atomic E-state index is 12.5. The summed E-state index contributed by atoms with van der Waals surface area (Å²) in [7, 11) is 0. The molecule has 1 spiro atoms. The first-order valence-electron chi connectivity index (χ1n) is 8.67. The van der Waals surface area contributed by atoms with Crippen molar-refractivity contribution in [1.82, 2.24) is 24.8 Å². The highest BCUT2D eigenvalue weighted by atomic mass is 16.5. The Balaban J connectivity index is 1.33. The number of rotatable bonds is 3. The lowest BCUT2D eigenvalue weighted by molar-refractivity contribution is -0.0391. The van der Waals surface area contributed by atoms with Crippen LogP contribution >= 0.6 is 0 Å². The molecule has 2 aromatic heterocycles. The van der Waals surface area contributed by atoms with Crippen LogP contribution in [0.5, 0.6) is 0 Å². The number of aromatic nitrogens is 4. The van der Waals surface area contributed by atoms with Crippen LogP contribution in [0.3, 0.4) is 0 Å². The lowest BCUT2D eigenvalue weighted by Crippen LogP contribution is -2.46. The summed E-state index contributed by atoms with van der Waals surface area (Å²) in [6.07, 6.45) is 13.7. The molecule has 4 rings (SSSR count). The standard InChI is InChI=1S/C18H21N5O2/c24-17(16-11-19-3-4-22-16)23-5-1-18(2-6-23)8-14(12-25-18)7-15-9-20-13-21-10-15/h3-4,9-11,13-14H,1-2,5-8,12H2/t14-/m1/s1. The van der Waals surface area contributed by atoms with Crippen LogP contribution < -0.4 is 0 Å². The van der Waals surface area contributed by atoms with Crippen LogP contribution in [0.15, 0.2) is 37.3 Å². The molecule has 25 heavy (non-hydrogen) atoms. The first-order chi connectivity index (χ1) is 12.2. The molecule has 1 amide bonds. The van der Waals surface area contributed by atoms with Gasteiger partial charge < -0.3 is 9.64 Å². The minimum atomic E-state index is -0.0839. The molecule has 2 aliphatic rings. The van der Waals surface area contributed by atoms with Gasteiger partial charge in [-0.05, 0) is 37.2 Å².